The van der Waals surface area contributed by atoms with E-state index in [2.05, 4.69) is 26.6 Å². The molecule has 3 rings (SSSR count). The fraction of sp³-hybridized carbons (Fsp3) is 0.278. The van der Waals surface area contributed by atoms with Crippen LogP contribution in [0.25, 0.3) is 0 Å². The number of carbonyl (C=O) groups is 1. The Morgan fingerprint density at radius 3 is 2.52 bits per heavy atom. The molecule has 1 unspecified atom stereocenters. The number of amides is 1. The van der Waals surface area contributed by atoms with Crippen LogP contribution in [0.15, 0.2) is 46.9 Å². The second kappa shape index (κ2) is 10.6. The van der Waals surface area contributed by atoms with Gasteiger partial charge in [0.2, 0.25) is 0 Å². The van der Waals surface area contributed by atoms with Gasteiger partial charge in [-0.05, 0) is 72.2 Å². The molecule has 1 aliphatic rings. The SMILES string of the molecule is O=C(Nc1ccc(F)c(Br)c1)c1cccc([P+](=O)[O-])c1.OC1CCNCC1. The van der Waals surface area contributed by atoms with Crippen molar-refractivity contribution in [1.29, 1.82) is 0 Å². The first-order valence-corrected chi connectivity index (χ1v) is 10.2. The largest absolute Gasteiger partial charge is 0.591 e. The Labute approximate surface area is 165 Å². The molecule has 0 radical (unpaired) electrons. The number of anilines is 1. The molecular formula is C18H19BrFN2O4P. The van der Waals surface area contributed by atoms with Crippen molar-refractivity contribution in [3.05, 3.63) is 58.3 Å². The fourth-order valence-electron chi connectivity index (χ4n) is 2.34. The summed E-state index contributed by atoms with van der Waals surface area (Å²) in [6, 6.07) is 9.70. The number of hydrogen-bond acceptors (Lipinski definition) is 5. The lowest BCUT2D eigenvalue weighted by molar-refractivity contribution is -0.160. The number of nitrogens with one attached hydrogen (secondary N) is 2. The maximum atomic E-state index is 13.1. The molecule has 1 atom stereocenters. The Bertz CT molecular complexity index is 816. The molecule has 1 amide bonds. The standard InChI is InChI=1S/C13H8BrFNO3P.C5H11NO/c14-11-7-9(4-5-12(11)15)16-13(17)8-2-1-3-10(6-8)20(18)19;7-5-1-3-6-4-2-5/h1-7H,(H,16,17);5-7H,1-4H2. The predicted octanol–water partition coefficient (Wildman–Crippen LogP) is 2.30. The van der Waals surface area contributed by atoms with Gasteiger partial charge in [-0.2, -0.15) is 0 Å². The highest BCUT2D eigenvalue weighted by molar-refractivity contribution is 9.10. The van der Waals surface area contributed by atoms with Crippen LogP contribution < -0.4 is 20.8 Å². The van der Waals surface area contributed by atoms with Gasteiger partial charge in [-0.1, -0.05) is 10.6 Å². The van der Waals surface area contributed by atoms with E-state index < -0.39 is 19.8 Å². The molecule has 0 aliphatic carbocycles. The second-order valence-electron chi connectivity index (χ2n) is 5.87. The Morgan fingerprint density at radius 1 is 1.26 bits per heavy atom. The monoisotopic (exact) mass is 456 g/mol. The van der Waals surface area contributed by atoms with Gasteiger partial charge in [0.15, 0.2) is 5.30 Å². The molecule has 0 saturated carbocycles. The first kappa shape index (κ1) is 21.6. The molecule has 1 saturated heterocycles. The third-order valence-electron chi connectivity index (χ3n) is 3.81. The number of aliphatic hydroxyl groups is 1. The van der Waals surface area contributed by atoms with E-state index in [-0.39, 0.29) is 21.4 Å². The molecular weight excluding hydrogens is 438 g/mol. The number of benzene rings is 2. The highest BCUT2D eigenvalue weighted by Crippen LogP contribution is 2.20. The first-order valence-electron chi connectivity index (χ1n) is 8.26. The highest BCUT2D eigenvalue weighted by Gasteiger charge is 2.13. The van der Waals surface area contributed by atoms with Crippen LogP contribution in [-0.4, -0.2) is 30.2 Å². The Hall–Kier alpha value is -1.70. The van der Waals surface area contributed by atoms with Crippen LogP contribution in [0, 0.1) is 5.82 Å². The number of hydrogen-bond donors (Lipinski definition) is 3. The lowest BCUT2D eigenvalue weighted by Crippen LogP contribution is -2.30. The van der Waals surface area contributed by atoms with Crippen LogP contribution in [0.2, 0.25) is 0 Å². The van der Waals surface area contributed by atoms with Crippen LogP contribution in [0.4, 0.5) is 10.1 Å². The van der Waals surface area contributed by atoms with Gasteiger partial charge in [0, 0.05) is 17.3 Å². The van der Waals surface area contributed by atoms with Crippen molar-refractivity contribution in [3.8, 4) is 0 Å². The number of rotatable bonds is 3. The zero-order chi connectivity index (χ0) is 19.8. The lowest BCUT2D eigenvalue weighted by atomic mass is 10.1. The van der Waals surface area contributed by atoms with Crippen molar-refractivity contribution in [3.63, 3.8) is 0 Å². The number of carbonyl (C=O) groups excluding carboxylic acids is 1. The van der Waals surface area contributed by atoms with Crippen molar-refractivity contribution < 1.29 is 23.7 Å². The molecule has 9 heteroatoms. The molecule has 0 aromatic heterocycles. The summed E-state index contributed by atoms with van der Waals surface area (Å²) in [5.41, 5.74) is 0.613. The Kier molecular flexibility index (Phi) is 8.47. The number of halogens is 2. The van der Waals surface area contributed by atoms with Gasteiger partial charge in [-0.25, -0.2) is 4.39 Å². The van der Waals surface area contributed by atoms with E-state index >= 15 is 0 Å². The van der Waals surface area contributed by atoms with Gasteiger partial charge in [0.1, 0.15) is 5.82 Å². The summed E-state index contributed by atoms with van der Waals surface area (Å²) in [7, 11) is -2.74. The molecule has 144 valence electrons. The van der Waals surface area contributed by atoms with E-state index in [4.69, 9.17) is 5.11 Å². The fourth-order valence-corrected chi connectivity index (χ4v) is 3.18. The minimum absolute atomic E-state index is 0.0266. The van der Waals surface area contributed by atoms with Gasteiger partial charge in [0.25, 0.3) is 5.91 Å². The molecule has 0 spiro atoms. The van der Waals surface area contributed by atoms with E-state index in [1.54, 1.807) is 0 Å². The average molecular weight is 457 g/mol. The number of piperidine rings is 1. The van der Waals surface area contributed by atoms with Gasteiger partial charge >= 0.3 is 8.03 Å². The van der Waals surface area contributed by atoms with E-state index in [0.29, 0.717) is 5.69 Å². The summed E-state index contributed by atoms with van der Waals surface area (Å²) in [5.74, 6) is -0.907. The van der Waals surface area contributed by atoms with Crippen molar-refractivity contribution in [2.75, 3.05) is 18.4 Å². The average Bonchev–Trinajstić information content (AvgIpc) is 2.66. The molecule has 3 N–H and O–H groups in total. The third-order valence-corrected chi connectivity index (χ3v) is 5.11. The second-order valence-corrected chi connectivity index (χ2v) is 7.76. The van der Waals surface area contributed by atoms with E-state index in [1.165, 1.54) is 42.5 Å². The molecule has 1 fully saturated rings. The highest BCUT2D eigenvalue weighted by atomic mass is 79.9. The van der Waals surface area contributed by atoms with E-state index in [1.807, 2.05) is 0 Å². The third kappa shape index (κ3) is 7.08. The number of aliphatic hydroxyl groups excluding tert-OH is 1. The molecule has 2 aromatic rings. The van der Waals surface area contributed by atoms with Crippen LogP contribution >= 0.6 is 24.0 Å². The minimum atomic E-state index is -2.74. The zero-order valence-corrected chi connectivity index (χ0v) is 16.8. The van der Waals surface area contributed by atoms with Crippen molar-refractivity contribution >= 4 is 40.9 Å². The summed E-state index contributed by atoms with van der Waals surface area (Å²) < 4.78 is 24.2. The topological polar surface area (TPSA) is 101 Å². The van der Waals surface area contributed by atoms with Crippen molar-refractivity contribution in [2.24, 2.45) is 0 Å². The summed E-state index contributed by atoms with van der Waals surface area (Å²) in [6.07, 6.45) is 1.83. The molecule has 27 heavy (non-hydrogen) atoms. The van der Waals surface area contributed by atoms with Gasteiger partial charge in [0.05, 0.1) is 10.6 Å². The summed E-state index contributed by atoms with van der Waals surface area (Å²) in [6.45, 7) is 1.97. The van der Waals surface area contributed by atoms with Gasteiger partial charge in [-0.15, -0.1) is 0 Å². The summed E-state index contributed by atoms with van der Waals surface area (Å²) >= 11 is 3.02. The van der Waals surface area contributed by atoms with Crippen LogP contribution in [0.3, 0.4) is 0 Å². The molecule has 1 heterocycles. The first-order chi connectivity index (χ1) is 12.9. The quantitative estimate of drug-likeness (QED) is 0.615. The van der Waals surface area contributed by atoms with Gasteiger partial charge in [-0.3, -0.25) is 4.79 Å². The van der Waals surface area contributed by atoms with E-state index in [0.717, 1.165) is 25.9 Å². The summed E-state index contributed by atoms with van der Waals surface area (Å²) in [4.78, 5) is 22.8. The zero-order valence-electron chi connectivity index (χ0n) is 14.3. The minimum Gasteiger partial charge on any atom is -0.591 e. The Morgan fingerprint density at radius 2 is 1.96 bits per heavy atom. The van der Waals surface area contributed by atoms with Crippen molar-refractivity contribution in [1.82, 2.24) is 5.32 Å². The molecule has 2 aromatic carbocycles. The maximum absolute atomic E-state index is 13.1. The smallest absolute Gasteiger partial charge is 0.348 e. The predicted molar refractivity (Wildman–Crippen MR) is 104 cm³/mol. The van der Waals surface area contributed by atoms with Crippen LogP contribution in [0.1, 0.15) is 23.2 Å². The maximum Gasteiger partial charge on any atom is 0.348 e. The molecule has 6 nitrogen and oxygen atoms in total. The molecule has 0 bridgehead atoms. The lowest BCUT2D eigenvalue weighted by Gasteiger charge is -2.16. The van der Waals surface area contributed by atoms with Gasteiger partial charge < -0.3 is 20.6 Å². The normalized spacial score (nSPS) is 14.7. The van der Waals surface area contributed by atoms with Crippen LogP contribution in [0.5, 0.6) is 0 Å². The van der Waals surface area contributed by atoms with Crippen LogP contribution in [-0.2, 0) is 4.57 Å². The Balaban J connectivity index is 0.000000313. The van der Waals surface area contributed by atoms with E-state index in [9.17, 15) is 18.6 Å². The summed E-state index contributed by atoms with van der Waals surface area (Å²) in [5, 5.41) is 14.6. The van der Waals surface area contributed by atoms with Crippen molar-refractivity contribution in [2.45, 2.75) is 18.9 Å². The molecule has 1 aliphatic heterocycles.